The molecule has 0 unspecified atom stereocenters. The normalized spacial score (nSPS) is 20.3. The molecule has 146 valence electrons. The summed E-state index contributed by atoms with van der Waals surface area (Å²) in [6.07, 6.45) is 4.32. The van der Waals surface area contributed by atoms with Crippen molar-refractivity contribution < 1.29 is 8.42 Å². The first-order valence-electron chi connectivity index (χ1n) is 9.36. The number of sulfonamides is 1. The van der Waals surface area contributed by atoms with E-state index in [1.54, 1.807) is 30.5 Å². The van der Waals surface area contributed by atoms with Gasteiger partial charge in [0.15, 0.2) is 0 Å². The minimum atomic E-state index is -3.68. The molecule has 1 aliphatic carbocycles. The summed E-state index contributed by atoms with van der Waals surface area (Å²) in [7, 11) is -3.68. The number of rotatable bonds is 4. The number of fused-ring (bicyclic) bond motifs is 1. The fourth-order valence-corrected chi connectivity index (χ4v) is 5.28. The van der Waals surface area contributed by atoms with Crippen molar-refractivity contribution in [3.8, 4) is 0 Å². The standard InChI is InChI=1S/C20H22N4O3S/c1-14-7-12-19(25)24(22-14)17-10-8-16(9-11-17)23-28(26,27)18-6-2-4-15-5-3-13-21-20(15)18/h2-7,12-13,16-17,23H,8-11H2,1H3. The smallest absolute Gasteiger partial charge is 0.267 e. The Morgan fingerprint density at radius 2 is 1.79 bits per heavy atom. The van der Waals surface area contributed by atoms with Gasteiger partial charge in [0.2, 0.25) is 10.0 Å². The summed E-state index contributed by atoms with van der Waals surface area (Å²) in [5.74, 6) is 0. The van der Waals surface area contributed by atoms with E-state index in [0.717, 1.165) is 11.1 Å². The average molecular weight is 398 g/mol. The van der Waals surface area contributed by atoms with E-state index in [9.17, 15) is 13.2 Å². The highest BCUT2D eigenvalue weighted by Crippen LogP contribution is 2.28. The molecule has 1 N–H and O–H groups in total. The molecular weight excluding hydrogens is 376 g/mol. The van der Waals surface area contributed by atoms with Crippen molar-refractivity contribution in [1.82, 2.24) is 19.5 Å². The maximum absolute atomic E-state index is 12.9. The predicted octanol–water partition coefficient (Wildman–Crippen LogP) is 2.56. The molecule has 0 bridgehead atoms. The van der Waals surface area contributed by atoms with E-state index in [2.05, 4.69) is 14.8 Å². The number of benzene rings is 1. The number of hydrogen-bond donors (Lipinski definition) is 1. The lowest BCUT2D eigenvalue weighted by molar-refractivity contribution is 0.284. The molecule has 3 aromatic rings. The van der Waals surface area contributed by atoms with Crippen LogP contribution in [0.1, 0.15) is 37.4 Å². The van der Waals surface area contributed by atoms with Gasteiger partial charge in [0.05, 0.1) is 17.3 Å². The summed E-state index contributed by atoms with van der Waals surface area (Å²) in [5.41, 5.74) is 1.16. The second-order valence-corrected chi connectivity index (χ2v) is 8.90. The first kappa shape index (κ1) is 18.8. The summed E-state index contributed by atoms with van der Waals surface area (Å²) in [6, 6.07) is 11.9. The highest BCUT2D eigenvalue weighted by Gasteiger charge is 2.28. The molecule has 0 spiro atoms. The second-order valence-electron chi connectivity index (χ2n) is 7.22. The average Bonchev–Trinajstić information content (AvgIpc) is 2.70. The molecule has 1 aliphatic rings. The van der Waals surface area contributed by atoms with Gasteiger partial charge in [-0.05, 0) is 50.8 Å². The summed E-state index contributed by atoms with van der Waals surface area (Å²) in [6.45, 7) is 1.86. The van der Waals surface area contributed by atoms with Gasteiger partial charge in [0, 0.05) is 23.7 Å². The molecule has 4 rings (SSSR count). The molecule has 0 amide bonds. The summed E-state index contributed by atoms with van der Waals surface area (Å²) in [4.78, 5) is 16.5. The third kappa shape index (κ3) is 3.70. The van der Waals surface area contributed by atoms with Gasteiger partial charge in [-0.2, -0.15) is 5.10 Å². The molecule has 1 saturated carbocycles. The first-order chi connectivity index (χ1) is 13.4. The number of nitrogens with one attached hydrogen (secondary N) is 1. The molecule has 28 heavy (non-hydrogen) atoms. The molecule has 2 aromatic heterocycles. The first-order valence-corrected chi connectivity index (χ1v) is 10.8. The molecule has 0 saturated heterocycles. The van der Waals surface area contributed by atoms with Crippen molar-refractivity contribution in [3.05, 3.63) is 64.7 Å². The number of aryl methyl sites for hydroxylation is 1. The zero-order chi connectivity index (χ0) is 19.7. The highest BCUT2D eigenvalue weighted by molar-refractivity contribution is 7.89. The number of hydrogen-bond acceptors (Lipinski definition) is 5. The summed E-state index contributed by atoms with van der Waals surface area (Å²) >= 11 is 0. The fourth-order valence-electron chi connectivity index (χ4n) is 3.80. The Bertz CT molecular complexity index is 1160. The van der Waals surface area contributed by atoms with Crippen LogP contribution < -0.4 is 10.3 Å². The number of nitrogens with zero attached hydrogens (tertiary/aromatic N) is 3. The van der Waals surface area contributed by atoms with E-state index < -0.39 is 10.0 Å². The van der Waals surface area contributed by atoms with Gasteiger partial charge < -0.3 is 0 Å². The highest BCUT2D eigenvalue weighted by atomic mass is 32.2. The van der Waals surface area contributed by atoms with E-state index in [-0.39, 0.29) is 22.5 Å². The molecule has 0 aliphatic heterocycles. The number of pyridine rings is 1. The lowest BCUT2D eigenvalue weighted by atomic mass is 9.92. The predicted molar refractivity (Wildman–Crippen MR) is 107 cm³/mol. The molecule has 7 nitrogen and oxygen atoms in total. The van der Waals surface area contributed by atoms with Crippen molar-refractivity contribution in [2.45, 2.75) is 49.6 Å². The lowest BCUT2D eigenvalue weighted by Gasteiger charge is -2.29. The Morgan fingerprint density at radius 1 is 1.04 bits per heavy atom. The van der Waals surface area contributed by atoms with Gasteiger partial charge in [-0.1, -0.05) is 18.2 Å². The topological polar surface area (TPSA) is 94.0 Å². The molecule has 0 radical (unpaired) electrons. The molecule has 2 heterocycles. The molecular formula is C20H22N4O3S. The van der Waals surface area contributed by atoms with Crippen LogP contribution in [0, 0.1) is 6.92 Å². The van der Waals surface area contributed by atoms with Crippen LogP contribution >= 0.6 is 0 Å². The van der Waals surface area contributed by atoms with Crippen molar-refractivity contribution in [2.24, 2.45) is 0 Å². The Balaban J connectivity index is 1.50. The largest absolute Gasteiger partial charge is 0.268 e. The number of para-hydroxylation sites is 1. The fraction of sp³-hybridized carbons (Fsp3) is 0.350. The van der Waals surface area contributed by atoms with E-state index in [1.807, 2.05) is 19.1 Å². The van der Waals surface area contributed by atoms with E-state index >= 15 is 0 Å². The lowest BCUT2D eigenvalue weighted by Crippen LogP contribution is -2.39. The van der Waals surface area contributed by atoms with Crippen LogP contribution in [-0.2, 0) is 10.0 Å². The Kier molecular flexibility index (Phi) is 4.99. The SMILES string of the molecule is Cc1ccc(=O)n(C2CCC(NS(=O)(=O)c3cccc4cccnc34)CC2)n1. The van der Waals surface area contributed by atoms with Crippen LogP contribution in [0.3, 0.4) is 0 Å². The van der Waals surface area contributed by atoms with Crippen LogP contribution in [0.4, 0.5) is 0 Å². The molecule has 1 fully saturated rings. The monoisotopic (exact) mass is 398 g/mol. The van der Waals surface area contributed by atoms with Crippen LogP contribution in [0.2, 0.25) is 0 Å². The van der Waals surface area contributed by atoms with E-state index in [1.165, 1.54) is 10.7 Å². The van der Waals surface area contributed by atoms with Crippen molar-refractivity contribution in [2.75, 3.05) is 0 Å². The third-order valence-corrected chi connectivity index (χ3v) is 6.76. The van der Waals surface area contributed by atoms with Crippen LogP contribution in [-0.4, -0.2) is 29.2 Å². The zero-order valence-corrected chi connectivity index (χ0v) is 16.4. The van der Waals surface area contributed by atoms with Gasteiger partial charge in [0.1, 0.15) is 4.90 Å². The number of aromatic nitrogens is 3. The summed E-state index contributed by atoms with van der Waals surface area (Å²) in [5, 5.41) is 5.13. The van der Waals surface area contributed by atoms with Gasteiger partial charge in [-0.25, -0.2) is 17.8 Å². The van der Waals surface area contributed by atoms with Crippen molar-refractivity contribution in [1.29, 1.82) is 0 Å². The molecule has 1 aromatic carbocycles. The van der Waals surface area contributed by atoms with Gasteiger partial charge in [0.25, 0.3) is 5.56 Å². The Morgan fingerprint density at radius 3 is 2.57 bits per heavy atom. The van der Waals surface area contributed by atoms with E-state index in [4.69, 9.17) is 0 Å². The van der Waals surface area contributed by atoms with Gasteiger partial charge in [-0.15, -0.1) is 0 Å². The maximum Gasteiger partial charge on any atom is 0.267 e. The summed E-state index contributed by atoms with van der Waals surface area (Å²) < 4.78 is 30.3. The molecule has 0 atom stereocenters. The van der Waals surface area contributed by atoms with E-state index in [0.29, 0.717) is 31.2 Å². The van der Waals surface area contributed by atoms with Crippen molar-refractivity contribution >= 4 is 20.9 Å². The Labute approximate surface area is 163 Å². The van der Waals surface area contributed by atoms with Crippen LogP contribution in [0.5, 0.6) is 0 Å². The second kappa shape index (κ2) is 7.44. The molecule has 8 heteroatoms. The van der Waals surface area contributed by atoms with Crippen LogP contribution in [0.25, 0.3) is 10.9 Å². The Hall–Kier alpha value is -2.58. The third-order valence-electron chi connectivity index (χ3n) is 5.21. The maximum atomic E-state index is 12.9. The minimum Gasteiger partial charge on any atom is -0.268 e. The zero-order valence-electron chi connectivity index (χ0n) is 15.6. The van der Waals surface area contributed by atoms with Crippen molar-refractivity contribution in [3.63, 3.8) is 0 Å². The van der Waals surface area contributed by atoms with Crippen LogP contribution in [0.15, 0.2) is 58.4 Å². The minimum absolute atomic E-state index is 0.00683. The quantitative estimate of drug-likeness (QED) is 0.729. The van der Waals surface area contributed by atoms with Gasteiger partial charge in [-0.3, -0.25) is 9.78 Å². The van der Waals surface area contributed by atoms with Gasteiger partial charge >= 0.3 is 0 Å².